The zero-order valence-corrected chi connectivity index (χ0v) is 13.8. The van der Waals surface area contributed by atoms with Gasteiger partial charge in [-0.15, -0.1) is 0 Å². The van der Waals surface area contributed by atoms with Gasteiger partial charge < -0.3 is 10.1 Å². The van der Waals surface area contributed by atoms with Crippen LogP contribution in [0.25, 0.3) is 0 Å². The monoisotopic (exact) mass is 314 g/mol. The minimum Gasteiger partial charge on any atom is -0.497 e. The summed E-state index contributed by atoms with van der Waals surface area (Å²) in [4.78, 5) is 12.1. The summed E-state index contributed by atoms with van der Waals surface area (Å²) in [5.41, 5.74) is -0.110. The van der Waals surface area contributed by atoms with Crippen molar-refractivity contribution in [1.29, 1.82) is 0 Å². The fourth-order valence-corrected chi connectivity index (χ4v) is 3.23. The van der Waals surface area contributed by atoms with Crippen LogP contribution >= 0.6 is 0 Å². The molecule has 1 aromatic carbocycles. The average Bonchev–Trinajstić information content (AvgIpc) is 2.33. The van der Waals surface area contributed by atoms with Crippen LogP contribution < -0.4 is 10.1 Å². The summed E-state index contributed by atoms with van der Waals surface area (Å²) in [5.74, 6) is 0.215. The minimum absolute atomic E-state index is 0.237. The van der Waals surface area contributed by atoms with Gasteiger partial charge in [0.05, 0.1) is 19.9 Å². The largest absolute Gasteiger partial charge is 0.497 e. The molecule has 0 heterocycles. The van der Waals surface area contributed by atoms with Gasteiger partial charge in [0.1, 0.15) is 5.75 Å². The van der Waals surface area contributed by atoms with Gasteiger partial charge in [-0.3, -0.25) is 4.79 Å². The Labute approximate surface area is 126 Å². The van der Waals surface area contributed by atoms with E-state index in [1.165, 1.54) is 7.11 Å². The van der Waals surface area contributed by atoms with Crippen molar-refractivity contribution in [2.75, 3.05) is 25.2 Å². The van der Waals surface area contributed by atoms with Crippen molar-refractivity contribution >= 4 is 21.6 Å². The number of amides is 1. The number of sulfonamides is 1. The third kappa shape index (κ3) is 5.35. The minimum atomic E-state index is -3.47. The first-order valence-corrected chi connectivity index (χ1v) is 8.30. The molecule has 0 unspecified atom stereocenters. The lowest BCUT2D eigenvalue weighted by Gasteiger charge is -2.32. The highest BCUT2D eigenvalue weighted by atomic mass is 32.2. The van der Waals surface area contributed by atoms with Crippen LogP contribution in [-0.4, -0.2) is 44.1 Å². The number of carbonyl (C=O) groups is 1. The Morgan fingerprint density at radius 3 is 2.43 bits per heavy atom. The average molecular weight is 314 g/mol. The van der Waals surface area contributed by atoms with Gasteiger partial charge in [0.2, 0.25) is 15.9 Å². The summed E-state index contributed by atoms with van der Waals surface area (Å²) in [5, 5.41) is 2.67. The second-order valence-electron chi connectivity index (χ2n) is 5.72. The summed E-state index contributed by atoms with van der Waals surface area (Å²) < 4.78 is 29.8. The van der Waals surface area contributed by atoms with Crippen molar-refractivity contribution in [2.45, 2.75) is 26.3 Å². The smallest absolute Gasteiger partial charge is 0.239 e. The van der Waals surface area contributed by atoms with Crippen LogP contribution in [0.1, 0.15) is 20.8 Å². The van der Waals surface area contributed by atoms with Crippen molar-refractivity contribution < 1.29 is 17.9 Å². The predicted octanol–water partition coefficient (Wildman–Crippen LogP) is 1.69. The molecule has 0 aliphatic rings. The number of anilines is 1. The first-order valence-electron chi connectivity index (χ1n) is 6.46. The van der Waals surface area contributed by atoms with Crippen LogP contribution in [0, 0.1) is 0 Å². The lowest BCUT2D eigenvalue weighted by atomic mass is 10.1. The fourth-order valence-electron chi connectivity index (χ4n) is 1.88. The van der Waals surface area contributed by atoms with Gasteiger partial charge in [0.25, 0.3) is 0 Å². The highest BCUT2D eigenvalue weighted by Gasteiger charge is 2.31. The summed E-state index contributed by atoms with van der Waals surface area (Å²) in [6.45, 7) is 4.99. The first-order chi connectivity index (χ1) is 9.54. The maximum absolute atomic E-state index is 12.1. The summed E-state index contributed by atoms with van der Waals surface area (Å²) >= 11 is 0. The highest BCUT2D eigenvalue weighted by molar-refractivity contribution is 7.88. The molecule has 0 atom stereocenters. The summed E-state index contributed by atoms with van der Waals surface area (Å²) in [7, 11) is -1.94. The standard InChI is InChI=1S/C14H22N2O4S/c1-14(2,3)16(21(5,18)19)10-13(17)15-11-7-6-8-12(9-11)20-4/h6-9H,10H2,1-5H3,(H,15,17). The van der Waals surface area contributed by atoms with Crippen molar-refractivity contribution in [2.24, 2.45) is 0 Å². The maximum atomic E-state index is 12.1. The number of hydrogen-bond acceptors (Lipinski definition) is 4. The molecule has 1 rings (SSSR count). The molecule has 0 saturated carbocycles. The van der Waals surface area contributed by atoms with Crippen molar-refractivity contribution in [3.63, 3.8) is 0 Å². The molecule has 0 fully saturated rings. The van der Waals surface area contributed by atoms with Gasteiger partial charge in [0.15, 0.2) is 0 Å². The maximum Gasteiger partial charge on any atom is 0.239 e. The van der Waals surface area contributed by atoms with Gasteiger partial charge in [-0.1, -0.05) is 6.07 Å². The Hall–Kier alpha value is -1.60. The molecule has 7 heteroatoms. The molecule has 21 heavy (non-hydrogen) atoms. The predicted molar refractivity (Wildman–Crippen MR) is 82.9 cm³/mol. The number of nitrogens with zero attached hydrogens (tertiary/aromatic N) is 1. The molecule has 118 valence electrons. The number of rotatable bonds is 5. The number of nitrogens with one attached hydrogen (secondary N) is 1. The molecular formula is C14H22N2O4S. The van der Waals surface area contributed by atoms with Gasteiger partial charge in [0, 0.05) is 17.3 Å². The molecule has 6 nitrogen and oxygen atoms in total. The summed E-state index contributed by atoms with van der Waals surface area (Å²) in [6.07, 6.45) is 1.09. The Bertz CT molecular complexity index is 606. The fraction of sp³-hybridized carbons (Fsp3) is 0.500. The van der Waals surface area contributed by atoms with Crippen LogP contribution in [0.4, 0.5) is 5.69 Å². The van der Waals surface area contributed by atoms with E-state index in [1.807, 2.05) is 0 Å². The van der Waals surface area contributed by atoms with E-state index in [9.17, 15) is 13.2 Å². The molecule has 0 aromatic heterocycles. The molecule has 1 N–H and O–H groups in total. The van der Waals surface area contributed by atoms with Crippen molar-refractivity contribution in [3.8, 4) is 5.75 Å². The molecular weight excluding hydrogens is 292 g/mol. The van der Waals surface area contributed by atoms with Crippen LogP contribution in [-0.2, 0) is 14.8 Å². The Balaban J connectivity index is 2.84. The molecule has 0 radical (unpaired) electrons. The van der Waals surface area contributed by atoms with Crippen LogP contribution in [0.5, 0.6) is 5.75 Å². The Kier molecular flexibility index (Phi) is 5.36. The van der Waals surface area contributed by atoms with Crippen molar-refractivity contribution in [1.82, 2.24) is 4.31 Å². The lowest BCUT2D eigenvalue weighted by Crippen LogP contribution is -2.48. The zero-order valence-electron chi connectivity index (χ0n) is 13.0. The highest BCUT2D eigenvalue weighted by Crippen LogP contribution is 2.19. The molecule has 1 aromatic rings. The van der Waals surface area contributed by atoms with E-state index < -0.39 is 21.5 Å². The second kappa shape index (κ2) is 6.44. The third-order valence-electron chi connectivity index (χ3n) is 2.79. The van der Waals surface area contributed by atoms with Gasteiger partial charge in [-0.25, -0.2) is 8.42 Å². The van der Waals surface area contributed by atoms with Crippen LogP contribution in [0.2, 0.25) is 0 Å². The quantitative estimate of drug-likeness (QED) is 0.897. The number of carbonyl (C=O) groups excluding carboxylic acids is 1. The molecule has 1 amide bonds. The molecule has 0 bridgehead atoms. The summed E-state index contributed by atoms with van der Waals surface area (Å²) in [6, 6.07) is 6.88. The number of methoxy groups -OCH3 is 1. The third-order valence-corrected chi connectivity index (χ3v) is 4.27. The van der Waals surface area contributed by atoms with E-state index in [-0.39, 0.29) is 6.54 Å². The van der Waals surface area contributed by atoms with E-state index in [2.05, 4.69) is 5.32 Å². The SMILES string of the molecule is COc1cccc(NC(=O)CN(C(C)(C)C)S(C)(=O)=O)c1. The van der Waals surface area contributed by atoms with E-state index in [0.717, 1.165) is 10.6 Å². The molecule has 0 saturated heterocycles. The van der Waals surface area contributed by atoms with Gasteiger partial charge in [-0.05, 0) is 32.9 Å². The normalized spacial score (nSPS) is 12.3. The van der Waals surface area contributed by atoms with Crippen LogP contribution in [0.3, 0.4) is 0 Å². The molecule has 0 aliphatic heterocycles. The molecule has 0 spiro atoms. The van der Waals surface area contributed by atoms with E-state index in [4.69, 9.17) is 4.74 Å². The van der Waals surface area contributed by atoms with Crippen molar-refractivity contribution in [3.05, 3.63) is 24.3 Å². The molecule has 0 aliphatic carbocycles. The van der Waals surface area contributed by atoms with E-state index >= 15 is 0 Å². The van der Waals surface area contributed by atoms with Gasteiger partial charge in [-0.2, -0.15) is 4.31 Å². The number of ether oxygens (including phenoxy) is 1. The zero-order chi connectivity index (χ0) is 16.3. The van der Waals surface area contributed by atoms with Crippen LogP contribution in [0.15, 0.2) is 24.3 Å². The Morgan fingerprint density at radius 1 is 1.33 bits per heavy atom. The van der Waals surface area contributed by atoms with E-state index in [1.54, 1.807) is 45.0 Å². The second-order valence-corrected chi connectivity index (χ2v) is 7.63. The topological polar surface area (TPSA) is 75.7 Å². The number of hydrogen-bond donors (Lipinski definition) is 1. The lowest BCUT2D eigenvalue weighted by molar-refractivity contribution is -0.117. The van der Waals surface area contributed by atoms with E-state index in [0.29, 0.717) is 11.4 Å². The number of benzene rings is 1. The Morgan fingerprint density at radius 2 is 1.95 bits per heavy atom. The first kappa shape index (κ1) is 17.5. The van der Waals surface area contributed by atoms with Gasteiger partial charge >= 0.3 is 0 Å².